The number of nitrogens with zero attached hydrogens (tertiary/aromatic N) is 1. The number of halogens is 2. The monoisotopic (exact) mass is 362 g/mol. The first-order chi connectivity index (χ1) is 7.32. The van der Waals surface area contributed by atoms with Crippen molar-refractivity contribution in [2.24, 2.45) is 5.92 Å². The Morgan fingerprint density at radius 1 is 1.75 bits per heavy atom. The summed E-state index contributed by atoms with van der Waals surface area (Å²) in [6.07, 6.45) is 0.853. The number of fused-ring (bicyclic) bond motifs is 1. The fraction of sp³-hybridized carbons (Fsp3) is 0.778. The Bertz CT molecular complexity index is 313. The summed E-state index contributed by atoms with van der Waals surface area (Å²) in [6, 6.07) is 0. The molecule has 0 saturated carbocycles. The molecule has 2 heterocycles. The number of β-lactam (4-membered cyclic amide) rings is 1. The topological polar surface area (TPSA) is 54.4 Å². The molecule has 4 nitrogen and oxygen atoms in total. The predicted molar refractivity (Wildman–Crippen MR) is 67.5 cm³/mol. The molecule has 0 aromatic rings. The maximum atomic E-state index is 13.0. The van der Waals surface area contributed by atoms with E-state index in [2.05, 4.69) is 22.9 Å². The summed E-state index contributed by atoms with van der Waals surface area (Å²) in [5.74, 6) is -0.511. The van der Waals surface area contributed by atoms with Crippen LogP contribution in [0.15, 0.2) is 0 Å². The average molecular weight is 362 g/mol. The van der Waals surface area contributed by atoms with Crippen LogP contribution in [0.1, 0.15) is 20.3 Å². The summed E-state index contributed by atoms with van der Waals surface area (Å²) in [4.78, 5) is 20.5. The summed E-state index contributed by atoms with van der Waals surface area (Å²) < 4.78 is 13.3. The van der Waals surface area contributed by atoms with Crippen molar-refractivity contribution in [2.75, 3.05) is 6.54 Å². The molecular weight excluding hydrogens is 348 g/mol. The number of alkyl halides is 1. The zero-order valence-corrected chi connectivity index (χ0v) is 12.0. The molecule has 0 radical (unpaired) electrons. The minimum absolute atomic E-state index is 0.104. The minimum Gasteiger partial charge on any atom is -0.481 e. The fourth-order valence-electron chi connectivity index (χ4n) is 1.89. The van der Waals surface area contributed by atoms with Gasteiger partial charge in [-0.3, -0.25) is 4.79 Å². The number of carbonyl (C=O) groups excluding carboxylic acids is 1. The molecule has 1 amide bonds. The Hall–Kier alpha value is 0.110. The highest BCUT2D eigenvalue weighted by molar-refractivity contribution is 14.1. The van der Waals surface area contributed by atoms with Gasteiger partial charge >= 0.3 is 5.91 Å². The molecule has 3 unspecified atom stereocenters. The molecule has 92 valence electrons. The lowest BCUT2D eigenvalue weighted by molar-refractivity contribution is -0.723. The Kier molecular flexibility index (Phi) is 4.58. The van der Waals surface area contributed by atoms with Crippen LogP contribution < -0.4 is 0 Å². The summed E-state index contributed by atoms with van der Waals surface area (Å²) >= 11 is 3.41. The highest BCUT2D eigenvalue weighted by atomic mass is 127. The molecule has 0 bridgehead atoms. The van der Waals surface area contributed by atoms with Crippen LogP contribution in [0.4, 0.5) is 4.39 Å². The van der Waals surface area contributed by atoms with Gasteiger partial charge in [0.1, 0.15) is 12.5 Å². The van der Waals surface area contributed by atoms with Gasteiger partial charge in [0.15, 0.2) is 5.37 Å². The average Bonchev–Trinajstić information content (AvgIpc) is 2.40. The Morgan fingerprint density at radius 2 is 2.25 bits per heavy atom. The van der Waals surface area contributed by atoms with Gasteiger partial charge in [0.05, 0.1) is 0 Å². The van der Waals surface area contributed by atoms with Crippen LogP contribution in [0.5, 0.6) is 0 Å². The van der Waals surface area contributed by atoms with E-state index in [1.165, 1.54) is 11.8 Å². The largest absolute Gasteiger partial charge is 0.481 e. The van der Waals surface area contributed by atoms with Gasteiger partial charge in [-0.25, -0.2) is 9.18 Å². The molecule has 0 aromatic carbocycles. The van der Waals surface area contributed by atoms with Gasteiger partial charge in [-0.2, -0.15) is 2.70 Å². The molecule has 16 heavy (non-hydrogen) atoms. The first-order valence-corrected chi connectivity index (χ1v) is 6.84. The van der Waals surface area contributed by atoms with Crippen LogP contribution >= 0.6 is 34.6 Å². The molecule has 2 aliphatic rings. The number of hydrogen-bond acceptors (Lipinski definition) is 3. The number of carboxylic acids is 1. The first-order valence-electron chi connectivity index (χ1n) is 4.93. The molecule has 2 aliphatic heterocycles. The normalized spacial score (nSPS) is 40.5. The smallest absolute Gasteiger partial charge is 0.332 e. The Balaban J connectivity index is 0.000000280. The minimum atomic E-state index is -0.840. The summed E-state index contributed by atoms with van der Waals surface area (Å²) in [7, 11) is 0. The van der Waals surface area contributed by atoms with Gasteiger partial charge in [-0.15, -0.1) is 0 Å². The Morgan fingerprint density at radius 3 is 2.69 bits per heavy atom. The molecule has 2 rings (SSSR count). The number of carbonyl (C=O) groups is 2. The highest BCUT2D eigenvalue weighted by Gasteiger charge is 2.68. The van der Waals surface area contributed by atoms with Crippen LogP contribution in [0.2, 0.25) is 0 Å². The van der Waals surface area contributed by atoms with Crippen molar-refractivity contribution in [2.45, 2.75) is 31.1 Å². The number of amides is 1. The lowest BCUT2D eigenvalue weighted by Gasteiger charge is -2.42. The summed E-state index contributed by atoms with van der Waals surface area (Å²) in [5, 5.41) is 7.61. The van der Waals surface area contributed by atoms with Gasteiger partial charge in [0.2, 0.25) is 5.50 Å². The number of rotatable bonds is 1. The van der Waals surface area contributed by atoms with E-state index < -0.39 is 11.5 Å². The van der Waals surface area contributed by atoms with E-state index in [0.717, 1.165) is 13.3 Å². The van der Waals surface area contributed by atoms with E-state index in [4.69, 9.17) is 9.90 Å². The molecule has 4 atom stereocenters. The van der Waals surface area contributed by atoms with Crippen molar-refractivity contribution in [3.8, 4) is 0 Å². The second-order valence-corrected chi connectivity index (χ2v) is 6.75. The molecule has 2 fully saturated rings. The number of aliphatic carboxylic acids is 1. The number of hydrogen-bond donors (Lipinski definition) is 1. The molecule has 0 aromatic heterocycles. The van der Waals surface area contributed by atoms with Gasteiger partial charge < -0.3 is 5.11 Å². The molecule has 0 spiro atoms. The third-order valence-electron chi connectivity index (χ3n) is 2.57. The zero-order chi connectivity index (χ0) is 12.5. The SMILES string of the molecule is CC(=O)O.CCC1C(=O)[N+]2(I)CC(F)S[C@@H]12. The third-order valence-corrected chi connectivity index (χ3v) is 5.83. The van der Waals surface area contributed by atoms with E-state index in [1.807, 2.05) is 6.92 Å². The van der Waals surface area contributed by atoms with E-state index in [-0.39, 0.29) is 17.2 Å². The Labute approximate surface area is 112 Å². The van der Waals surface area contributed by atoms with Crippen LogP contribution in [0.25, 0.3) is 0 Å². The first kappa shape index (κ1) is 14.2. The zero-order valence-electron chi connectivity index (χ0n) is 9.02. The van der Waals surface area contributed by atoms with Crippen molar-refractivity contribution in [1.82, 2.24) is 0 Å². The molecule has 1 N–H and O–H groups in total. The van der Waals surface area contributed by atoms with Crippen LogP contribution in [0.3, 0.4) is 0 Å². The highest BCUT2D eigenvalue weighted by Crippen LogP contribution is 2.54. The van der Waals surface area contributed by atoms with Gasteiger partial charge in [-0.05, 0) is 6.42 Å². The summed E-state index contributed by atoms with van der Waals surface area (Å²) in [5.41, 5.74) is -0.840. The van der Waals surface area contributed by atoms with E-state index in [9.17, 15) is 9.18 Å². The predicted octanol–water partition coefficient (Wildman–Crippen LogP) is 2.18. The van der Waals surface area contributed by atoms with Crippen molar-refractivity contribution >= 4 is 46.5 Å². The number of carboxylic acid groups (broad SMARTS) is 1. The second kappa shape index (κ2) is 5.18. The lowest BCUT2D eigenvalue weighted by atomic mass is 9.96. The molecule has 0 aliphatic carbocycles. The van der Waals surface area contributed by atoms with Crippen molar-refractivity contribution in [3.63, 3.8) is 0 Å². The molecule has 2 saturated heterocycles. The van der Waals surface area contributed by atoms with Gasteiger partial charge in [0.25, 0.3) is 28.8 Å². The maximum Gasteiger partial charge on any atom is 0.332 e. The van der Waals surface area contributed by atoms with Crippen LogP contribution in [0, 0.1) is 5.92 Å². The van der Waals surface area contributed by atoms with Crippen molar-refractivity contribution in [1.29, 1.82) is 0 Å². The van der Waals surface area contributed by atoms with Crippen molar-refractivity contribution < 1.29 is 21.8 Å². The number of quaternary nitrogens is 1. The standard InChI is InChI=1S/C7H10FINOS.C2H4O2/c1-2-4-6(11)10(9)3-5(8)12-7(4)10;1-2(3)4/h4-5,7H,2-3H2,1H3;1H3,(H,3,4)/q+1;/t4?,5?,7-,10?;/m0./s1. The fourth-order valence-corrected chi connectivity index (χ4v) is 5.15. The van der Waals surface area contributed by atoms with Gasteiger partial charge in [0, 0.05) is 6.92 Å². The third kappa shape index (κ3) is 2.51. The van der Waals surface area contributed by atoms with Crippen LogP contribution in [-0.2, 0) is 9.59 Å². The van der Waals surface area contributed by atoms with E-state index >= 15 is 0 Å². The summed E-state index contributed by atoms with van der Waals surface area (Å²) in [6.45, 7) is 3.44. The van der Waals surface area contributed by atoms with E-state index in [0.29, 0.717) is 9.24 Å². The quantitative estimate of drug-likeness (QED) is 0.441. The molecular formula is C9H14FINO3S+. The van der Waals surface area contributed by atoms with Crippen molar-refractivity contribution in [3.05, 3.63) is 0 Å². The van der Waals surface area contributed by atoms with Crippen LogP contribution in [-0.4, -0.2) is 37.1 Å². The van der Waals surface area contributed by atoms with Gasteiger partial charge in [-0.1, -0.05) is 18.7 Å². The number of thioether (sulfide) groups is 1. The molecule has 7 heteroatoms. The lowest BCUT2D eigenvalue weighted by Crippen LogP contribution is -2.64. The maximum absolute atomic E-state index is 13.0. The van der Waals surface area contributed by atoms with E-state index in [1.54, 1.807) is 0 Å². The second-order valence-electron chi connectivity index (χ2n) is 3.76.